The lowest BCUT2D eigenvalue weighted by Gasteiger charge is -2.19. The van der Waals surface area contributed by atoms with Crippen molar-refractivity contribution in [2.45, 2.75) is 38.5 Å². The van der Waals surface area contributed by atoms with Crippen molar-refractivity contribution in [3.05, 3.63) is 95.1 Å². The van der Waals surface area contributed by atoms with Crippen molar-refractivity contribution in [3.8, 4) is 11.5 Å². The minimum atomic E-state index is -0.852. The summed E-state index contributed by atoms with van der Waals surface area (Å²) in [5, 5.41) is 32.8. The number of carbonyl (C=O) groups is 1. The highest BCUT2D eigenvalue weighted by atomic mass is 16.3. The maximum Gasteiger partial charge on any atom is 0.227 e. The van der Waals surface area contributed by atoms with E-state index in [0.717, 1.165) is 23.1 Å². The van der Waals surface area contributed by atoms with Gasteiger partial charge in [0.1, 0.15) is 11.5 Å². The fourth-order valence-electron chi connectivity index (χ4n) is 3.79. The number of phenolic OH excluding ortho intramolecular Hbond substituents is 2. The van der Waals surface area contributed by atoms with Gasteiger partial charge in [0, 0.05) is 32.2 Å². The maximum atomic E-state index is 12.7. The number of carbonyl (C=O) groups excluding carboxylic acids is 1. The van der Waals surface area contributed by atoms with Crippen molar-refractivity contribution >= 4 is 5.91 Å². The first-order chi connectivity index (χ1) is 15.8. The zero-order valence-corrected chi connectivity index (χ0v) is 19.1. The van der Waals surface area contributed by atoms with Crippen molar-refractivity contribution in [1.82, 2.24) is 10.2 Å². The van der Waals surface area contributed by atoms with E-state index in [-0.39, 0.29) is 30.0 Å². The number of hydrogen-bond acceptors (Lipinski definition) is 5. The Morgan fingerprint density at radius 1 is 0.909 bits per heavy atom. The zero-order valence-electron chi connectivity index (χ0n) is 19.1. The van der Waals surface area contributed by atoms with Crippen LogP contribution in [0.15, 0.2) is 72.8 Å². The van der Waals surface area contributed by atoms with Gasteiger partial charge in [-0.1, -0.05) is 54.6 Å². The standard InChI is InChI=1S/C27H32N2O4/c1-19(28-17-26(32)23-14-24(30)16-25(31)15-23)11-21-9-6-10-22(12-21)13-27(33)29(2)18-20-7-4-3-5-8-20/h3-10,12,14-16,19,26,28,30-32H,11,13,17-18H2,1-2H3/t19-,26+/m1/s1. The van der Waals surface area contributed by atoms with Gasteiger partial charge in [0.15, 0.2) is 0 Å². The molecule has 33 heavy (non-hydrogen) atoms. The zero-order chi connectivity index (χ0) is 23.8. The number of aliphatic hydroxyl groups excluding tert-OH is 1. The summed E-state index contributed by atoms with van der Waals surface area (Å²) in [7, 11) is 1.82. The van der Waals surface area contributed by atoms with Crippen LogP contribution in [-0.2, 0) is 24.2 Å². The molecule has 6 heteroatoms. The summed E-state index contributed by atoms with van der Waals surface area (Å²) in [5.41, 5.74) is 3.63. The number of phenols is 2. The van der Waals surface area contributed by atoms with E-state index in [9.17, 15) is 20.1 Å². The average Bonchev–Trinajstić information content (AvgIpc) is 2.77. The minimum absolute atomic E-state index is 0.0691. The van der Waals surface area contributed by atoms with Crippen LogP contribution in [-0.4, -0.2) is 45.8 Å². The Balaban J connectivity index is 1.51. The molecule has 0 saturated heterocycles. The monoisotopic (exact) mass is 448 g/mol. The Kier molecular flexibility index (Phi) is 8.46. The van der Waals surface area contributed by atoms with Crippen LogP contribution in [0.3, 0.4) is 0 Å². The van der Waals surface area contributed by atoms with E-state index in [1.54, 1.807) is 4.90 Å². The molecule has 3 rings (SSSR count). The summed E-state index contributed by atoms with van der Waals surface area (Å²) >= 11 is 0. The van der Waals surface area contributed by atoms with Crippen LogP contribution >= 0.6 is 0 Å². The molecule has 0 fully saturated rings. The number of amides is 1. The molecular formula is C27H32N2O4. The molecule has 6 nitrogen and oxygen atoms in total. The van der Waals surface area contributed by atoms with E-state index in [1.807, 2.05) is 62.5 Å². The minimum Gasteiger partial charge on any atom is -0.508 e. The number of hydrogen-bond donors (Lipinski definition) is 4. The average molecular weight is 449 g/mol. The predicted molar refractivity (Wildman–Crippen MR) is 129 cm³/mol. The summed E-state index contributed by atoms with van der Waals surface area (Å²) in [6, 6.07) is 22.1. The molecule has 1 amide bonds. The van der Waals surface area contributed by atoms with Gasteiger partial charge in [0.05, 0.1) is 12.5 Å². The number of aromatic hydroxyl groups is 2. The van der Waals surface area contributed by atoms with Crippen molar-refractivity contribution < 1.29 is 20.1 Å². The van der Waals surface area contributed by atoms with Gasteiger partial charge in [-0.05, 0) is 47.7 Å². The van der Waals surface area contributed by atoms with Crippen molar-refractivity contribution in [1.29, 1.82) is 0 Å². The molecule has 4 N–H and O–H groups in total. The van der Waals surface area contributed by atoms with Crippen LogP contribution in [0.1, 0.15) is 35.3 Å². The molecule has 174 valence electrons. The Hall–Kier alpha value is -3.35. The molecular weight excluding hydrogens is 416 g/mol. The molecule has 0 aliphatic rings. The number of nitrogens with zero attached hydrogens (tertiary/aromatic N) is 1. The third-order valence-corrected chi connectivity index (χ3v) is 5.55. The predicted octanol–water partition coefficient (Wildman–Crippen LogP) is 3.55. The fraction of sp³-hybridized carbons (Fsp3) is 0.296. The summed E-state index contributed by atoms with van der Waals surface area (Å²) in [6.07, 6.45) is 0.230. The van der Waals surface area contributed by atoms with Crippen LogP contribution in [0.2, 0.25) is 0 Å². The van der Waals surface area contributed by atoms with Gasteiger partial charge in [-0.3, -0.25) is 4.79 Å². The lowest BCUT2D eigenvalue weighted by molar-refractivity contribution is -0.129. The number of aliphatic hydroxyl groups is 1. The molecule has 3 aromatic rings. The van der Waals surface area contributed by atoms with Gasteiger partial charge < -0.3 is 25.5 Å². The number of benzene rings is 3. The van der Waals surface area contributed by atoms with Gasteiger partial charge in [-0.15, -0.1) is 0 Å². The summed E-state index contributed by atoms with van der Waals surface area (Å²) < 4.78 is 0. The Morgan fingerprint density at radius 3 is 2.24 bits per heavy atom. The molecule has 2 atom stereocenters. The van der Waals surface area contributed by atoms with Gasteiger partial charge >= 0.3 is 0 Å². The molecule has 0 heterocycles. The van der Waals surface area contributed by atoms with Gasteiger partial charge in [-0.2, -0.15) is 0 Å². The SMILES string of the molecule is C[C@H](Cc1cccc(CC(=O)N(C)Cc2ccccc2)c1)NC[C@H](O)c1cc(O)cc(O)c1. The smallest absolute Gasteiger partial charge is 0.227 e. The second-order valence-electron chi connectivity index (χ2n) is 8.54. The molecule has 3 aromatic carbocycles. The molecule has 0 aliphatic carbocycles. The molecule has 0 radical (unpaired) electrons. The molecule has 0 spiro atoms. The molecule has 0 saturated carbocycles. The first-order valence-electron chi connectivity index (χ1n) is 11.1. The number of rotatable bonds is 10. The van der Waals surface area contributed by atoms with Crippen LogP contribution in [0.5, 0.6) is 11.5 Å². The normalized spacial score (nSPS) is 12.8. The van der Waals surface area contributed by atoms with Gasteiger partial charge in [0.25, 0.3) is 0 Å². The topological polar surface area (TPSA) is 93.0 Å². The number of nitrogens with one attached hydrogen (secondary N) is 1. The summed E-state index contributed by atoms with van der Waals surface area (Å²) in [6.45, 7) is 2.89. The molecule has 0 bridgehead atoms. The highest BCUT2D eigenvalue weighted by molar-refractivity contribution is 5.78. The van der Waals surface area contributed by atoms with E-state index in [0.29, 0.717) is 18.5 Å². The number of likely N-dealkylation sites (N-methyl/N-ethyl adjacent to an activating group) is 1. The molecule has 0 aliphatic heterocycles. The van der Waals surface area contributed by atoms with Crippen molar-refractivity contribution in [3.63, 3.8) is 0 Å². The highest BCUT2D eigenvalue weighted by Gasteiger charge is 2.14. The van der Waals surface area contributed by atoms with E-state index in [2.05, 4.69) is 11.4 Å². The molecule has 0 aromatic heterocycles. The second kappa shape index (κ2) is 11.5. The maximum absolute atomic E-state index is 12.7. The van der Waals surface area contributed by atoms with E-state index in [1.165, 1.54) is 18.2 Å². The Labute approximate surface area is 195 Å². The van der Waals surface area contributed by atoms with Gasteiger partial charge in [-0.25, -0.2) is 0 Å². The van der Waals surface area contributed by atoms with Crippen molar-refractivity contribution in [2.24, 2.45) is 0 Å². The third-order valence-electron chi connectivity index (χ3n) is 5.55. The summed E-state index contributed by atoms with van der Waals surface area (Å²) in [4.78, 5) is 14.4. The quantitative estimate of drug-likeness (QED) is 0.381. The van der Waals surface area contributed by atoms with E-state index < -0.39 is 6.10 Å². The van der Waals surface area contributed by atoms with Crippen LogP contribution in [0, 0.1) is 0 Å². The Bertz CT molecular complexity index is 1030. The summed E-state index contributed by atoms with van der Waals surface area (Å²) in [5.74, 6) is -0.101. The van der Waals surface area contributed by atoms with E-state index in [4.69, 9.17) is 0 Å². The van der Waals surface area contributed by atoms with Gasteiger partial charge in [0.2, 0.25) is 5.91 Å². The lowest BCUT2D eigenvalue weighted by atomic mass is 10.0. The Morgan fingerprint density at radius 2 is 1.55 bits per heavy atom. The molecule has 0 unspecified atom stereocenters. The van der Waals surface area contributed by atoms with Crippen LogP contribution in [0.4, 0.5) is 0 Å². The largest absolute Gasteiger partial charge is 0.508 e. The van der Waals surface area contributed by atoms with Crippen molar-refractivity contribution in [2.75, 3.05) is 13.6 Å². The highest BCUT2D eigenvalue weighted by Crippen LogP contribution is 2.24. The fourth-order valence-corrected chi connectivity index (χ4v) is 3.79. The third kappa shape index (κ3) is 7.63. The van der Waals surface area contributed by atoms with E-state index >= 15 is 0 Å². The lowest BCUT2D eigenvalue weighted by Crippen LogP contribution is -2.32. The second-order valence-corrected chi connectivity index (χ2v) is 8.54. The van der Waals surface area contributed by atoms with Crippen LogP contribution in [0.25, 0.3) is 0 Å². The van der Waals surface area contributed by atoms with Crippen LogP contribution < -0.4 is 5.32 Å². The first-order valence-corrected chi connectivity index (χ1v) is 11.1. The first kappa shape index (κ1) is 24.3.